The number of ether oxygens (including phenoxy) is 2. The van der Waals surface area contributed by atoms with E-state index >= 15 is 4.39 Å². The standard InChI is InChI=1S/C31H32FN5O5/c1-21(38)33-19-27-20-37(31(40)42-27)25-10-11-28(29(32)17-25)23-8-6-22(7-9-23)18-34-36-14-12-35(13-15-36)30(39)24-4-3-5-26(16-24)41-2/h3-11,16-18,27H,12-15,19-20H2,1-2H3,(H,33,38)/b34-18+/t27-/m0/s1. The Morgan fingerprint density at radius 2 is 1.83 bits per heavy atom. The molecule has 0 spiro atoms. The lowest BCUT2D eigenvalue weighted by Crippen LogP contribution is -2.46. The van der Waals surface area contributed by atoms with Crippen molar-refractivity contribution in [2.45, 2.75) is 13.0 Å². The van der Waals surface area contributed by atoms with Gasteiger partial charge < -0.3 is 19.7 Å². The van der Waals surface area contributed by atoms with Gasteiger partial charge in [0.15, 0.2) is 0 Å². The SMILES string of the molecule is COc1cccc(C(=O)N2CCN(/N=C/c3ccc(-c4ccc(N5C[C@H](CNC(C)=O)OC5=O)cc4F)cc3)CC2)c1. The minimum atomic E-state index is -0.578. The zero-order valence-electron chi connectivity index (χ0n) is 23.5. The fourth-order valence-corrected chi connectivity index (χ4v) is 4.85. The van der Waals surface area contributed by atoms with Crippen LogP contribution in [0.1, 0.15) is 22.8 Å². The predicted molar refractivity (Wildman–Crippen MR) is 156 cm³/mol. The van der Waals surface area contributed by atoms with Gasteiger partial charge in [-0.2, -0.15) is 5.10 Å². The zero-order chi connectivity index (χ0) is 29.6. The van der Waals surface area contributed by atoms with Gasteiger partial charge in [-0.1, -0.05) is 30.3 Å². The summed E-state index contributed by atoms with van der Waals surface area (Å²) in [5.74, 6) is -0.0553. The molecule has 0 aliphatic carbocycles. The third-order valence-corrected chi connectivity index (χ3v) is 7.17. The van der Waals surface area contributed by atoms with E-state index in [-0.39, 0.29) is 24.9 Å². The maximum atomic E-state index is 15.1. The molecule has 2 heterocycles. The highest BCUT2D eigenvalue weighted by Crippen LogP contribution is 2.29. The second kappa shape index (κ2) is 12.7. The molecule has 2 aliphatic rings. The third kappa shape index (κ3) is 6.68. The van der Waals surface area contributed by atoms with E-state index in [2.05, 4.69) is 10.4 Å². The number of carbonyl (C=O) groups excluding carboxylic acids is 3. The van der Waals surface area contributed by atoms with Crippen molar-refractivity contribution in [3.63, 3.8) is 0 Å². The number of benzene rings is 3. The molecule has 11 heteroatoms. The second-order valence-electron chi connectivity index (χ2n) is 10.1. The number of nitrogens with zero attached hydrogens (tertiary/aromatic N) is 4. The number of anilines is 1. The Kier molecular flexibility index (Phi) is 8.66. The van der Waals surface area contributed by atoms with Crippen LogP contribution in [0.4, 0.5) is 14.9 Å². The average molecular weight is 574 g/mol. The van der Waals surface area contributed by atoms with E-state index in [1.54, 1.807) is 43.7 Å². The zero-order valence-corrected chi connectivity index (χ0v) is 23.5. The van der Waals surface area contributed by atoms with Crippen molar-refractivity contribution in [3.05, 3.63) is 83.7 Å². The smallest absolute Gasteiger partial charge is 0.414 e. The summed E-state index contributed by atoms with van der Waals surface area (Å²) < 4.78 is 25.6. The van der Waals surface area contributed by atoms with Gasteiger partial charge in [-0.05, 0) is 47.5 Å². The monoisotopic (exact) mass is 573 g/mol. The molecular weight excluding hydrogens is 541 g/mol. The van der Waals surface area contributed by atoms with Gasteiger partial charge in [0.05, 0.1) is 45.2 Å². The van der Waals surface area contributed by atoms with Crippen LogP contribution in [0.5, 0.6) is 5.75 Å². The van der Waals surface area contributed by atoms with Crippen molar-refractivity contribution < 1.29 is 28.2 Å². The molecule has 218 valence electrons. The summed E-state index contributed by atoms with van der Waals surface area (Å²) in [6.07, 6.45) is 0.675. The number of rotatable bonds is 8. The van der Waals surface area contributed by atoms with Gasteiger partial charge in [0.1, 0.15) is 17.7 Å². The Morgan fingerprint density at radius 3 is 2.52 bits per heavy atom. The lowest BCUT2D eigenvalue weighted by atomic mass is 10.0. The van der Waals surface area contributed by atoms with Gasteiger partial charge in [0.2, 0.25) is 5.91 Å². The van der Waals surface area contributed by atoms with Crippen LogP contribution in [-0.4, -0.2) is 86.5 Å². The molecule has 0 radical (unpaired) electrons. The van der Waals surface area contributed by atoms with Crippen LogP contribution < -0.4 is 15.0 Å². The fourth-order valence-electron chi connectivity index (χ4n) is 4.85. The summed E-state index contributed by atoms with van der Waals surface area (Å²) in [6, 6.07) is 19.1. The lowest BCUT2D eigenvalue weighted by Gasteiger charge is -2.33. The lowest BCUT2D eigenvalue weighted by molar-refractivity contribution is -0.119. The summed E-state index contributed by atoms with van der Waals surface area (Å²) in [4.78, 5) is 39.4. The van der Waals surface area contributed by atoms with Crippen molar-refractivity contribution in [2.75, 3.05) is 51.3 Å². The molecule has 10 nitrogen and oxygen atoms in total. The minimum Gasteiger partial charge on any atom is -0.497 e. The summed E-state index contributed by atoms with van der Waals surface area (Å²) in [7, 11) is 1.58. The molecule has 2 saturated heterocycles. The molecule has 3 amide bonds. The van der Waals surface area contributed by atoms with Gasteiger partial charge in [-0.25, -0.2) is 9.18 Å². The van der Waals surface area contributed by atoms with Gasteiger partial charge in [-0.3, -0.25) is 19.5 Å². The van der Waals surface area contributed by atoms with Crippen LogP contribution in [-0.2, 0) is 9.53 Å². The summed E-state index contributed by atoms with van der Waals surface area (Å²) in [5, 5.41) is 9.11. The molecule has 0 bridgehead atoms. The second-order valence-corrected chi connectivity index (χ2v) is 10.1. The van der Waals surface area contributed by atoms with Crippen LogP contribution in [0.3, 0.4) is 0 Å². The Morgan fingerprint density at radius 1 is 1.07 bits per heavy atom. The van der Waals surface area contributed by atoms with Crippen LogP contribution in [0.25, 0.3) is 11.1 Å². The molecule has 3 aromatic carbocycles. The van der Waals surface area contributed by atoms with Crippen LogP contribution in [0.15, 0.2) is 71.8 Å². The van der Waals surface area contributed by atoms with E-state index < -0.39 is 18.0 Å². The molecule has 42 heavy (non-hydrogen) atoms. The Bertz CT molecular complexity index is 1490. The number of amides is 3. The molecule has 0 saturated carbocycles. The van der Waals surface area contributed by atoms with E-state index in [4.69, 9.17) is 9.47 Å². The van der Waals surface area contributed by atoms with Crippen molar-refractivity contribution >= 4 is 29.8 Å². The van der Waals surface area contributed by atoms with Crippen molar-refractivity contribution in [2.24, 2.45) is 5.10 Å². The Hall–Kier alpha value is -4.93. The van der Waals surface area contributed by atoms with Crippen LogP contribution >= 0.6 is 0 Å². The maximum absolute atomic E-state index is 15.1. The normalized spacial score (nSPS) is 17.0. The summed E-state index contributed by atoms with van der Waals surface area (Å²) in [5.41, 5.74) is 2.94. The average Bonchev–Trinajstić information content (AvgIpc) is 3.39. The Labute approximate surface area is 243 Å². The van der Waals surface area contributed by atoms with Gasteiger partial charge in [0.25, 0.3) is 5.91 Å². The molecule has 2 fully saturated rings. The van der Waals surface area contributed by atoms with Crippen LogP contribution in [0, 0.1) is 5.82 Å². The van der Waals surface area contributed by atoms with Crippen molar-refractivity contribution in [3.8, 4) is 16.9 Å². The van der Waals surface area contributed by atoms with E-state index in [9.17, 15) is 14.4 Å². The number of carbonyl (C=O) groups is 3. The first-order chi connectivity index (χ1) is 20.3. The molecule has 2 aliphatic heterocycles. The predicted octanol–water partition coefficient (Wildman–Crippen LogP) is 3.75. The highest BCUT2D eigenvalue weighted by Gasteiger charge is 2.32. The number of halogens is 1. The number of cyclic esters (lactones) is 1. The van der Waals surface area contributed by atoms with Crippen LogP contribution in [0.2, 0.25) is 0 Å². The quantitative estimate of drug-likeness (QED) is 0.412. The number of nitrogens with one attached hydrogen (secondary N) is 1. The van der Waals surface area contributed by atoms with Gasteiger partial charge in [-0.15, -0.1) is 0 Å². The highest BCUT2D eigenvalue weighted by atomic mass is 19.1. The number of hydrogen-bond acceptors (Lipinski definition) is 7. The first-order valence-corrected chi connectivity index (χ1v) is 13.7. The van der Waals surface area contributed by atoms with Gasteiger partial charge >= 0.3 is 6.09 Å². The number of hydrazone groups is 1. The van der Waals surface area contributed by atoms with Crippen molar-refractivity contribution in [1.82, 2.24) is 15.2 Å². The minimum absolute atomic E-state index is 0.0279. The summed E-state index contributed by atoms with van der Waals surface area (Å²) in [6.45, 7) is 4.16. The van der Waals surface area contributed by atoms with Gasteiger partial charge in [0, 0.05) is 31.1 Å². The van der Waals surface area contributed by atoms with E-state index in [0.29, 0.717) is 54.3 Å². The molecule has 5 rings (SSSR count). The number of piperazine rings is 1. The third-order valence-electron chi connectivity index (χ3n) is 7.17. The first kappa shape index (κ1) is 28.6. The maximum Gasteiger partial charge on any atom is 0.414 e. The summed E-state index contributed by atoms with van der Waals surface area (Å²) >= 11 is 0. The largest absolute Gasteiger partial charge is 0.497 e. The van der Waals surface area contributed by atoms with E-state index in [0.717, 1.165) is 5.56 Å². The first-order valence-electron chi connectivity index (χ1n) is 13.7. The molecule has 1 atom stereocenters. The molecule has 0 aromatic heterocycles. The topological polar surface area (TPSA) is 104 Å². The molecule has 3 aromatic rings. The molecule has 0 unspecified atom stereocenters. The molecular formula is C31H32FN5O5. The number of methoxy groups -OCH3 is 1. The van der Waals surface area contributed by atoms with E-state index in [1.165, 1.54) is 17.9 Å². The highest BCUT2D eigenvalue weighted by molar-refractivity contribution is 5.94. The molecule has 1 N–H and O–H groups in total. The fraction of sp³-hybridized carbons (Fsp3) is 0.290. The van der Waals surface area contributed by atoms with E-state index in [1.807, 2.05) is 40.2 Å². The Balaban J connectivity index is 1.15. The number of hydrogen-bond donors (Lipinski definition) is 1. The van der Waals surface area contributed by atoms with Crippen molar-refractivity contribution in [1.29, 1.82) is 0 Å².